The van der Waals surface area contributed by atoms with E-state index >= 15 is 4.39 Å². The predicted molar refractivity (Wildman–Crippen MR) is 151 cm³/mol. The van der Waals surface area contributed by atoms with Crippen LogP contribution in [-0.2, 0) is 9.59 Å². The smallest absolute Gasteiger partial charge is 0.341 e. The second-order valence-electron chi connectivity index (χ2n) is 10.2. The van der Waals surface area contributed by atoms with Gasteiger partial charge in [-0.25, -0.2) is 9.18 Å². The van der Waals surface area contributed by atoms with Gasteiger partial charge in [-0.1, -0.05) is 30.3 Å². The number of carboxylic acid groups (broad SMARTS) is 1. The number of piperazine rings is 1. The number of halogens is 1. The first-order valence-corrected chi connectivity index (χ1v) is 14.0. The van der Waals surface area contributed by atoms with Gasteiger partial charge in [0.25, 0.3) is 11.1 Å². The highest BCUT2D eigenvalue weighted by molar-refractivity contribution is 8.18. The van der Waals surface area contributed by atoms with Gasteiger partial charge in [-0.15, -0.1) is 0 Å². The highest BCUT2D eigenvalue weighted by Gasteiger charge is 2.37. The minimum atomic E-state index is -1.35. The van der Waals surface area contributed by atoms with Crippen LogP contribution in [0, 0.1) is 5.82 Å². The first-order valence-electron chi connectivity index (χ1n) is 13.2. The van der Waals surface area contributed by atoms with Crippen LogP contribution in [0.2, 0.25) is 0 Å². The van der Waals surface area contributed by atoms with Crippen molar-refractivity contribution in [2.45, 2.75) is 18.9 Å². The lowest BCUT2D eigenvalue weighted by Gasteiger charge is -2.36. The number of benzene rings is 2. The van der Waals surface area contributed by atoms with Crippen molar-refractivity contribution in [3.63, 3.8) is 0 Å². The number of carbonyl (C=O) groups excluding carboxylic acids is 3. The van der Waals surface area contributed by atoms with Crippen molar-refractivity contribution >= 4 is 57.5 Å². The molecule has 12 heteroatoms. The molecule has 0 atom stereocenters. The summed E-state index contributed by atoms with van der Waals surface area (Å²) in [7, 11) is 0. The number of rotatable bonds is 6. The van der Waals surface area contributed by atoms with Gasteiger partial charge in [-0.2, -0.15) is 0 Å². The van der Waals surface area contributed by atoms with Crippen molar-refractivity contribution in [2.75, 3.05) is 37.6 Å². The normalized spacial score (nSPS) is 18.6. The Morgan fingerprint density at radius 3 is 2.39 bits per heavy atom. The van der Waals surface area contributed by atoms with Crippen molar-refractivity contribution in [1.82, 2.24) is 14.4 Å². The second kappa shape index (κ2) is 10.5. The Bertz CT molecular complexity index is 1690. The standard InChI is InChI=1S/C29H25FN4O6S/c30-21-13-19-22(33(18-6-7-18)15-20(26(19)36)28(38)39)14-23(21)31-8-10-32(11-9-31)25(35)16-34-27(37)24(41-29(34)40)12-17-4-2-1-3-5-17/h1-5,12-15,18H,6-11,16H2,(H,38,39)/b24-12+. The van der Waals surface area contributed by atoms with E-state index in [9.17, 15) is 29.1 Å². The maximum Gasteiger partial charge on any atom is 0.341 e. The van der Waals surface area contributed by atoms with Crippen LogP contribution in [0.25, 0.3) is 17.0 Å². The number of carbonyl (C=O) groups is 4. The number of aromatic carboxylic acids is 1. The molecular weight excluding hydrogens is 551 g/mol. The van der Waals surface area contributed by atoms with Gasteiger partial charge in [0, 0.05) is 43.8 Å². The Kier molecular flexibility index (Phi) is 6.86. The van der Waals surface area contributed by atoms with Crippen molar-refractivity contribution in [1.29, 1.82) is 0 Å². The Hall–Kier alpha value is -4.45. The third-order valence-corrected chi connectivity index (χ3v) is 8.42. The minimum absolute atomic E-state index is 0.0189. The largest absolute Gasteiger partial charge is 0.477 e. The summed E-state index contributed by atoms with van der Waals surface area (Å²) < 4.78 is 17.0. The number of imide groups is 1. The molecule has 6 rings (SSSR count). The second-order valence-corrected chi connectivity index (χ2v) is 11.2. The van der Waals surface area contributed by atoms with Gasteiger partial charge in [-0.05, 0) is 48.4 Å². The Morgan fingerprint density at radius 1 is 1.02 bits per heavy atom. The molecule has 1 aliphatic carbocycles. The monoisotopic (exact) mass is 576 g/mol. The van der Waals surface area contributed by atoms with Crippen LogP contribution < -0.4 is 10.3 Å². The molecular formula is C29H25FN4O6S. The van der Waals surface area contributed by atoms with E-state index in [1.54, 1.807) is 26.5 Å². The molecule has 3 fully saturated rings. The first kappa shape index (κ1) is 26.8. The lowest BCUT2D eigenvalue weighted by atomic mass is 10.1. The van der Waals surface area contributed by atoms with Crippen LogP contribution in [0.5, 0.6) is 0 Å². The van der Waals surface area contributed by atoms with E-state index in [4.69, 9.17) is 0 Å². The average molecular weight is 577 g/mol. The predicted octanol–water partition coefficient (Wildman–Crippen LogP) is 3.56. The summed E-state index contributed by atoms with van der Waals surface area (Å²) in [6.45, 7) is 0.718. The summed E-state index contributed by atoms with van der Waals surface area (Å²) in [5.41, 5.74) is 0.396. The number of thioether (sulfide) groups is 1. The zero-order valence-electron chi connectivity index (χ0n) is 21.8. The summed E-state index contributed by atoms with van der Waals surface area (Å²) >= 11 is 0.797. The molecule has 41 heavy (non-hydrogen) atoms. The molecule has 10 nitrogen and oxygen atoms in total. The van der Waals surface area contributed by atoms with E-state index in [-0.39, 0.29) is 53.1 Å². The number of fused-ring (bicyclic) bond motifs is 1. The van der Waals surface area contributed by atoms with Crippen molar-refractivity contribution in [2.24, 2.45) is 0 Å². The molecule has 3 aliphatic rings. The number of carboxylic acids is 1. The van der Waals surface area contributed by atoms with Crippen LogP contribution in [0.15, 0.2) is 58.4 Å². The summed E-state index contributed by atoms with van der Waals surface area (Å²) in [5.74, 6) is -2.89. The number of amides is 3. The fraction of sp³-hybridized carbons (Fsp3) is 0.276. The van der Waals surface area contributed by atoms with Crippen molar-refractivity contribution < 1.29 is 28.7 Å². The van der Waals surface area contributed by atoms with Crippen LogP contribution in [0.1, 0.15) is 34.8 Å². The number of pyridine rings is 1. The molecule has 0 unspecified atom stereocenters. The van der Waals surface area contributed by atoms with Gasteiger partial charge in [0.2, 0.25) is 11.3 Å². The molecule has 2 aromatic carbocycles. The fourth-order valence-corrected chi connectivity index (χ4v) is 6.02. The zero-order chi connectivity index (χ0) is 28.8. The Balaban J connectivity index is 1.15. The number of hydrogen-bond acceptors (Lipinski definition) is 7. The Labute approximate surface area is 237 Å². The van der Waals surface area contributed by atoms with Crippen LogP contribution in [0.4, 0.5) is 14.9 Å². The molecule has 2 aliphatic heterocycles. The molecule has 0 radical (unpaired) electrons. The third-order valence-electron chi connectivity index (χ3n) is 7.51. The van der Waals surface area contributed by atoms with E-state index in [0.29, 0.717) is 18.6 Å². The fourth-order valence-electron chi connectivity index (χ4n) is 5.18. The van der Waals surface area contributed by atoms with Gasteiger partial charge in [0.05, 0.1) is 16.1 Å². The summed E-state index contributed by atoms with van der Waals surface area (Å²) in [4.78, 5) is 67.2. The van der Waals surface area contributed by atoms with E-state index in [0.717, 1.165) is 41.1 Å². The number of nitrogens with zero attached hydrogens (tertiary/aromatic N) is 4. The van der Waals surface area contributed by atoms with Gasteiger partial charge in [-0.3, -0.25) is 24.1 Å². The molecule has 3 amide bonds. The topological polar surface area (TPSA) is 120 Å². The molecule has 0 spiro atoms. The highest BCUT2D eigenvalue weighted by Crippen LogP contribution is 2.38. The zero-order valence-corrected chi connectivity index (χ0v) is 22.6. The van der Waals surface area contributed by atoms with Gasteiger partial charge in [0.15, 0.2) is 0 Å². The summed E-state index contributed by atoms with van der Waals surface area (Å²) in [6.07, 6.45) is 4.64. The lowest BCUT2D eigenvalue weighted by Crippen LogP contribution is -2.52. The minimum Gasteiger partial charge on any atom is -0.477 e. The van der Waals surface area contributed by atoms with Crippen LogP contribution >= 0.6 is 11.8 Å². The third kappa shape index (κ3) is 5.10. The molecule has 1 aromatic heterocycles. The van der Waals surface area contributed by atoms with Crippen LogP contribution in [0.3, 0.4) is 0 Å². The molecule has 0 bridgehead atoms. The van der Waals surface area contributed by atoms with E-state index in [1.807, 2.05) is 30.3 Å². The molecule has 1 saturated carbocycles. The van der Waals surface area contributed by atoms with Gasteiger partial charge < -0.3 is 19.5 Å². The van der Waals surface area contributed by atoms with Gasteiger partial charge >= 0.3 is 5.97 Å². The SMILES string of the molecule is O=C(O)c1cn(C2CC2)c2cc(N3CCN(C(=O)CN4C(=O)S/C(=C/c5ccccc5)C4=O)CC3)c(F)cc2c1=O. The van der Waals surface area contributed by atoms with Crippen LogP contribution in [-0.4, -0.2) is 75.2 Å². The summed E-state index contributed by atoms with van der Waals surface area (Å²) in [6, 6.07) is 11.9. The molecule has 1 N–H and O–H groups in total. The van der Waals surface area contributed by atoms with E-state index < -0.39 is 28.4 Å². The lowest BCUT2D eigenvalue weighted by molar-refractivity contribution is -0.136. The quantitative estimate of drug-likeness (QED) is 0.443. The van der Waals surface area contributed by atoms with Crippen molar-refractivity contribution in [3.8, 4) is 0 Å². The Morgan fingerprint density at radius 2 is 1.73 bits per heavy atom. The number of hydrogen-bond donors (Lipinski definition) is 1. The first-order chi connectivity index (χ1) is 19.7. The van der Waals surface area contributed by atoms with Crippen molar-refractivity contribution in [3.05, 3.63) is 80.7 Å². The van der Waals surface area contributed by atoms with E-state index in [2.05, 4.69) is 0 Å². The van der Waals surface area contributed by atoms with E-state index in [1.165, 1.54) is 6.20 Å². The maximum atomic E-state index is 15.3. The molecule has 210 valence electrons. The molecule has 2 saturated heterocycles. The molecule has 3 heterocycles. The summed E-state index contributed by atoms with van der Waals surface area (Å²) in [5, 5.41) is 8.96. The molecule has 3 aromatic rings. The average Bonchev–Trinajstić information content (AvgIpc) is 3.77. The highest BCUT2D eigenvalue weighted by atomic mass is 32.2. The maximum absolute atomic E-state index is 15.3. The number of anilines is 1. The van der Waals surface area contributed by atoms with Gasteiger partial charge in [0.1, 0.15) is 17.9 Å². The number of aromatic nitrogens is 1.